The number of hydrogen-bond donors (Lipinski definition) is 2. The zero-order chi connectivity index (χ0) is 15.2. The van der Waals surface area contributed by atoms with E-state index in [9.17, 15) is 9.59 Å². The van der Waals surface area contributed by atoms with E-state index < -0.39 is 17.4 Å². The van der Waals surface area contributed by atoms with Gasteiger partial charge in [-0.15, -0.1) is 0 Å². The van der Waals surface area contributed by atoms with Gasteiger partial charge in [-0.25, -0.2) is 9.59 Å². The maximum absolute atomic E-state index is 11.9. The topological polar surface area (TPSA) is 72.9 Å². The Balaban J connectivity index is 4.37. The monoisotopic (exact) mass is 273 g/mol. The molecule has 0 saturated carbocycles. The van der Waals surface area contributed by atoms with Gasteiger partial charge in [0.15, 0.2) is 0 Å². The van der Waals surface area contributed by atoms with Crippen molar-refractivity contribution < 1.29 is 14.7 Å². The lowest BCUT2D eigenvalue weighted by molar-refractivity contribution is -0.142. The van der Waals surface area contributed by atoms with Crippen LogP contribution in [0.5, 0.6) is 0 Å². The number of aliphatic carboxylic acids is 1. The Morgan fingerprint density at radius 3 is 2.05 bits per heavy atom. The molecule has 0 unspecified atom stereocenters. The number of carboxylic acid groups (broad SMARTS) is 1. The summed E-state index contributed by atoms with van der Waals surface area (Å²) in [6.07, 6.45) is 0.851. The van der Waals surface area contributed by atoms with Crippen LogP contribution in [0.2, 0.25) is 0 Å². The van der Waals surface area contributed by atoms with Crippen molar-refractivity contribution in [1.29, 1.82) is 0 Å². The number of hydrogen-bond acceptors (Lipinski definition) is 3. The van der Waals surface area contributed by atoms with Crippen molar-refractivity contribution in [1.82, 2.24) is 15.1 Å². The molecule has 0 aromatic rings. The van der Waals surface area contributed by atoms with Gasteiger partial charge in [0.25, 0.3) is 0 Å². The first-order valence-electron chi connectivity index (χ1n) is 6.45. The molecule has 0 aliphatic rings. The van der Waals surface area contributed by atoms with Crippen molar-refractivity contribution in [3.63, 3.8) is 0 Å². The lowest BCUT2D eigenvalue weighted by atomic mass is 9.87. The highest BCUT2D eigenvalue weighted by Crippen LogP contribution is 2.19. The average Bonchev–Trinajstić information content (AvgIpc) is 2.22. The third kappa shape index (κ3) is 7.00. The summed E-state index contributed by atoms with van der Waals surface area (Å²) in [6.45, 7) is 6.86. The molecule has 1 atom stereocenters. The Morgan fingerprint density at radius 1 is 1.16 bits per heavy atom. The number of urea groups is 1. The van der Waals surface area contributed by atoms with E-state index in [4.69, 9.17) is 5.11 Å². The quantitative estimate of drug-likeness (QED) is 0.759. The molecule has 0 saturated heterocycles. The van der Waals surface area contributed by atoms with E-state index in [2.05, 4.69) is 5.32 Å². The lowest BCUT2D eigenvalue weighted by Gasteiger charge is -2.30. The Morgan fingerprint density at radius 2 is 1.68 bits per heavy atom. The molecule has 0 fully saturated rings. The first kappa shape index (κ1) is 17.7. The van der Waals surface area contributed by atoms with E-state index in [-0.39, 0.29) is 6.03 Å². The van der Waals surface area contributed by atoms with Gasteiger partial charge in [0.05, 0.1) is 0 Å². The lowest BCUT2D eigenvalue weighted by Crippen LogP contribution is -2.52. The highest BCUT2D eigenvalue weighted by molar-refractivity contribution is 5.83. The number of carbonyl (C=O) groups excluding carboxylic acids is 1. The zero-order valence-corrected chi connectivity index (χ0v) is 12.9. The molecule has 6 nitrogen and oxygen atoms in total. The second kappa shape index (κ2) is 7.33. The van der Waals surface area contributed by atoms with Gasteiger partial charge in [0.1, 0.15) is 6.04 Å². The fourth-order valence-corrected chi connectivity index (χ4v) is 1.61. The van der Waals surface area contributed by atoms with E-state index in [0.29, 0.717) is 6.54 Å². The minimum Gasteiger partial charge on any atom is -0.480 e. The fraction of sp³-hybridized carbons (Fsp3) is 0.846. The van der Waals surface area contributed by atoms with Gasteiger partial charge in [-0.2, -0.15) is 0 Å². The number of nitrogens with one attached hydrogen (secondary N) is 1. The smallest absolute Gasteiger partial charge is 0.326 e. The van der Waals surface area contributed by atoms with Crippen LogP contribution >= 0.6 is 0 Å². The summed E-state index contributed by atoms with van der Waals surface area (Å²) in [5, 5.41) is 11.7. The van der Waals surface area contributed by atoms with E-state index in [0.717, 1.165) is 13.0 Å². The van der Waals surface area contributed by atoms with Crippen LogP contribution in [0.25, 0.3) is 0 Å². The van der Waals surface area contributed by atoms with E-state index >= 15 is 0 Å². The fourth-order valence-electron chi connectivity index (χ4n) is 1.61. The van der Waals surface area contributed by atoms with E-state index in [1.165, 1.54) is 4.90 Å². The number of carbonyl (C=O) groups is 2. The van der Waals surface area contributed by atoms with Gasteiger partial charge in [-0.3, -0.25) is 0 Å². The van der Waals surface area contributed by atoms with Crippen molar-refractivity contribution in [2.45, 2.75) is 33.2 Å². The highest BCUT2D eigenvalue weighted by atomic mass is 16.4. The van der Waals surface area contributed by atoms with Crippen LogP contribution in [0, 0.1) is 5.41 Å². The normalized spacial score (nSPS) is 13.2. The first-order valence-corrected chi connectivity index (χ1v) is 6.45. The van der Waals surface area contributed by atoms with Crippen molar-refractivity contribution in [2.24, 2.45) is 5.41 Å². The van der Waals surface area contributed by atoms with Crippen LogP contribution in [-0.4, -0.2) is 67.2 Å². The summed E-state index contributed by atoms with van der Waals surface area (Å²) < 4.78 is 0. The number of amides is 2. The predicted molar refractivity (Wildman–Crippen MR) is 75.2 cm³/mol. The van der Waals surface area contributed by atoms with Crippen LogP contribution in [0.15, 0.2) is 0 Å². The summed E-state index contributed by atoms with van der Waals surface area (Å²) in [5.41, 5.74) is -0.522. The minimum absolute atomic E-state index is 0.346. The van der Waals surface area contributed by atoms with Crippen LogP contribution < -0.4 is 5.32 Å². The Bertz CT molecular complexity index is 311. The highest BCUT2D eigenvalue weighted by Gasteiger charge is 2.33. The molecule has 0 aliphatic heterocycles. The molecule has 19 heavy (non-hydrogen) atoms. The van der Waals surface area contributed by atoms with Gasteiger partial charge in [-0.05, 0) is 32.5 Å². The van der Waals surface area contributed by atoms with Crippen molar-refractivity contribution in [3.8, 4) is 0 Å². The van der Waals surface area contributed by atoms with Crippen LogP contribution in [-0.2, 0) is 4.79 Å². The Kier molecular flexibility index (Phi) is 6.83. The summed E-state index contributed by atoms with van der Waals surface area (Å²) >= 11 is 0. The largest absolute Gasteiger partial charge is 0.480 e. The summed E-state index contributed by atoms with van der Waals surface area (Å²) in [6, 6.07) is -1.24. The standard InChI is InChI=1S/C13H27N3O3/c1-13(2,3)10(11(17)18)14-12(19)16(6)9-7-8-15(4)5/h10H,7-9H2,1-6H3,(H,14,19)(H,17,18)/t10-/m1/s1. The summed E-state index contributed by atoms with van der Waals surface area (Å²) in [4.78, 5) is 26.6. The van der Waals surface area contributed by atoms with E-state index in [1.54, 1.807) is 27.8 Å². The molecule has 0 bridgehead atoms. The molecule has 0 heterocycles. The first-order chi connectivity index (χ1) is 8.55. The molecular weight excluding hydrogens is 246 g/mol. The SMILES string of the molecule is CN(C)CCCN(C)C(=O)N[C@H](C(=O)O)C(C)(C)C. The number of nitrogens with zero attached hydrogens (tertiary/aromatic N) is 2. The number of rotatable bonds is 6. The predicted octanol–water partition coefficient (Wildman–Crippen LogP) is 1.08. The van der Waals surface area contributed by atoms with Gasteiger partial charge in [0, 0.05) is 13.6 Å². The van der Waals surface area contributed by atoms with Crippen molar-refractivity contribution >= 4 is 12.0 Å². The van der Waals surface area contributed by atoms with Crippen molar-refractivity contribution in [2.75, 3.05) is 34.2 Å². The van der Waals surface area contributed by atoms with Crippen LogP contribution in [0.4, 0.5) is 4.79 Å². The van der Waals surface area contributed by atoms with Gasteiger partial charge in [0.2, 0.25) is 0 Å². The zero-order valence-electron chi connectivity index (χ0n) is 12.9. The molecule has 112 valence electrons. The maximum Gasteiger partial charge on any atom is 0.326 e. The van der Waals surface area contributed by atoms with Crippen molar-refractivity contribution in [3.05, 3.63) is 0 Å². The van der Waals surface area contributed by atoms with Gasteiger partial charge in [-0.1, -0.05) is 20.8 Å². The minimum atomic E-state index is -1.01. The molecule has 0 spiro atoms. The van der Waals surface area contributed by atoms with Crippen LogP contribution in [0.3, 0.4) is 0 Å². The van der Waals surface area contributed by atoms with E-state index in [1.807, 2.05) is 19.0 Å². The summed E-state index contributed by atoms with van der Waals surface area (Å²) in [5.74, 6) is -1.01. The second-order valence-corrected chi connectivity index (χ2v) is 6.17. The molecule has 0 aromatic carbocycles. The molecule has 0 radical (unpaired) electrons. The Hall–Kier alpha value is -1.30. The summed E-state index contributed by atoms with van der Waals surface area (Å²) in [7, 11) is 5.62. The molecule has 2 amide bonds. The molecule has 6 heteroatoms. The van der Waals surface area contributed by atoms with Gasteiger partial charge < -0.3 is 20.2 Å². The second-order valence-electron chi connectivity index (χ2n) is 6.17. The molecule has 0 rings (SSSR count). The third-order valence-electron chi connectivity index (χ3n) is 2.83. The van der Waals surface area contributed by atoms with Crippen LogP contribution in [0.1, 0.15) is 27.2 Å². The third-order valence-corrected chi connectivity index (χ3v) is 2.83. The molecule has 0 aromatic heterocycles. The average molecular weight is 273 g/mol. The maximum atomic E-state index is 11.9. The number of carboxylic acids is 1. The van der Waals surface area contributed by atoms with Gasteiger partial charge >= 0.3 is 12.0 Å². The Labute approximate surface area is 115 Å². The molecule has 0 aliphatic carbocycles. The molecular formula is C13H27N3O3. The molecule has 2 N–H and O–H groups in total.